The molecule has 1 fully saturated rings. The normalized spacial score (nSPS) is 16.4. The largest absolute Gasteiger partial charge is 0.344 e. The number of nitrogens with zero attached hydrogens (tertiary/aromatic N) is 4. The number of anilines is 1. The van der Waals surface area contributed by atoms with Crippen LogP contribution in [0.2, 0.25) is 0 Å². The predicted molar refractivity (Wildman–Crippen MR) is 116 cm³/mol. The lowest BCUT2D eigenvalue weighted by atomic mass is 9.93. The molecule has 0 unspecified atom stereocenters. The first kappa shape index (κ1) is 19.6. The van der Waals surface area contributed by atoms with E-state index in [-0.39, 0.29) is 6.67 Å². The van der Waals surface area contributed by atoms with Crippen molar-refractivity contribution in [3.63, 3.8) is 0 Å². The second-order valence-corrected chi connectivity index (χ2v) is 7.71. The van der Waals surface area contributed by atoms with E-state index in [0.717, 1.165) is 53.6 Å². The lowest BCUT2D eigenvalue weighted by Crippen LogP contribution is -2.36. The average Bonchev–Trinajstić information content (AvgIpc) is 3.19. The van der Waals surface area contributed by atoms with Crippen LogP contribution in [-0.4, -0.2) is 46.0 Å². The van der Waals surface area contributed by atoms with E-state index in [0.29, 0.717) is 12.5 Å². The fourth-order valence-electron chi connectivity index (χ4n) is 4.10. The van der Waals surface area contributed by atoms with E-state index in [4.69, 9.17) is 0 Å². The number of nitrogens with one attached hydrogen (secondary N) is 1. The zero-order chi connectivity index (χ0) is 20.2. The molecular weight excluding hydrogens is 365 g/mol. The zero-order valence-corrected chi connectivity index (χ0v) is 17.1. The van der Waals surface area contributed by atoms with Gasteiger partial charge in [-0.05, 0) is 55.9 Å². The van der Waals surface area contributed by atoms with Crippen LogP contribution >= 0.6 is 0 Å². The van der Waals surface area contributed by atoms with Gasteiger partial charge in [0.2, 0.25) is 0 Å². The summed E-state index contributed by atoms with van der Waals surface area (Å²) in [6, 6.07) is 8.50. The van der Waals surface area contributed by atoms with Crippen molar-refractivity contribution in [2.75, 3.05) is 31.6 Å². The summed E-state index contributed by atoms with van der Waals surface area (Å²) >= 11 is 0. The molecule has 0 atom stereocenters. The predicted octanol–water partition coefficient (Wildman–Crippen LogP) is 4.63. The van der Waals surface area contributed by atoms with Crippen LogP contribution in [0.5, 0.6) is 0 Å². The Kier molecular flexibility index (Phi) is 5.90. The van der Waals surface area contributed by atoms with Crippen LogP contribution in [0, 0.1) is 5.92 Å². The highest BCUT2D eigenvalue weighted by molar-refractivity contribution is 5.88. The molecule has 0 aliphatic carbocycles. The fraction of sp³-hybridized carbons (Fsp3) is 0.391. The standard InChI is InChI=1S/C23H28FN5/c1-3-22(17-6-9-29(10-7-17)11-8-24)27-23-13-20-12-18(4-5-19(20)14-25-23)21-15-26-28(2)16-21/h3-5,12-17H,6-11H2,1-2H3,(H,25,27)/b22-3-. The molecule has 0 bridgehead atoms. The Hall–Kier alpha value is -2.73. The maximum Gasteiger partial charge on any atom is 0.130 e. The van der Waals surface area contributed by atoms with E-state index in [1.165, 1.54) is 5.70 Å². The number of alkyl halides is 1. The molecular formula is C23H28FN5. The maximum absolute atomic E-state index is 12.6. The van der Waals surface area contributed by atoms with Gasteiger partial charge in [0.15, 0.2) is 0 Å². The zero-order valence-electron chi connectivity index (χ0n) is 17.1. The summed E-state index contributed by atoms with van der Waals surface area (Å²) in [5.41, 5.74) is 3.46. The molecule has 3 aromatic rings. The molecule has 0 spiro atoms. The third-order valence-electron chi connectivity index (χ3n) is 5.77. The minimum absolute atomic E-state index is 0.262. The van der Waals surface area contributed by atoms with Crippen LogP contribution < -0.4 is 5.32 Å². The minimum atomic E-state index is -0.262. The first-order chi connectivity index (χ1) is 14.2. The molecule has 0 saturated carbocycles. The summed E-state index contributed by atoms with van der Waals surface area (Å²) < 4.78 is 14.4. The lowest BCUT2D eigenvalue weighted by molar-refractivity contribution is 0.185. The highest BCUT2D eigenvalue weighted by Crippen LogP contribution is 2.28. The molecule has 5 nitrogen and oxygen atoms in total. The third kappa shape index (κ3) is 4.48. The molecule has 1 N–H and O–H groups in total. The monoisotopic (exact) mass is 393 g/mol. The smallest absolute Gasteiger partial charge is 0.130 e. The van der Waals surface area contributed by atoms with E-state index in [1.807, 2.05) is 30.3 Å². The first-order valence-electron chi connectivity index (χ1n) is 10.3. The van der Waals surface area contributed by atoms with Gasteiger partial charge in [-0.3, -0.25) is 4.68 Å². The molecule has 152 valence electrons. The van der Waals surface area contributed by atoms with Crippen molar-refractivity contribution in [1.29, 1.82) is 0 Å². The van der Waals surface area contributed by atoms with Crippen LogP contribution in [0.25, 0.3) is 21.9 Å². The Bertz CT molecular complexity index is 1000. The van der Waals surface area contributed by atoms with Crippen molar-refractivity contribution in [3.8, 4) is 11.1 Å². The summed E-state index contributed by atoms with van der Waals surface area (Å²) in [6.07, 6.45) is 10.1. The number of pyridine rings is 1. The molecule has 1 aliphatic rings. The summed E-state index contributed by atoms with van der Waals surface area (Å²) in [5.74, 6) is 1.33. The number of allylic oxidation sites excluding steroid dienone is 2. The molecule has 2 aromatic heterocycles. The van der Waals surface area contributed by atoms with Crippen molar-refractivity contribution in [2.45, 2.75) is 19.8 Å². The maximum atomic E-state index is 12.6. The van der Waals surface area contributed by atoms with Crippen molar-refractivity contribution in [3.05, 3.63) is 54.6 Å². The number of hydrogen-bond donors (Lipinski definition) is 1. The molecule has 0 amide bonds. The van der Waals surface area contributed by atoms with E-state index in [1.54, 1.807) is 0 Å². The molecule has 3 heterocycles. The van der Waals surface area contributed by atoms with Gasteiger partial charge in [-0.15, -0.1) is 0 Å². The van der Waals surface area contributed by atoms with Gasteiger partial charge in [-0.1, -0.05) is 18.2 Å². The number of aromatic nitrogens is 3. The Morgan fingerprint density at radius 2 is 2.00 bits per heavy atom. The van der Waals surface area contributed by atoms with Gasteiger partial charge in [0.1, 0.15) is 12.5 Å². The summed E-state index contributed by atoms with van der Waals surface area (Å²) in [7, 11) is 1.93. The number of fused-ring (bicyclic) bond motifs is 1. The highest BCUT2D eigenvalue weighted by Gasteiger charge is 2.22. The quantitative estimate of drug-likeness (QED) is 0.663. The van der Waals surface area contributed by atoms with Gasteiger partial charge < -0.3 is 10.2 Å². The number of piperidine rings is 1. The summed E-state index contributed by atoms with van der Waals surface area (Å²) in [4.78, 5) is 6.82. The van der Waals surface area contributed by atoms with Gasteiger partial charge in [0.05, 0.1) is 6.20 Å². The third-order valence-corrected chi connectivity index (χ3v) is 5.77. The number of halogens is 1. The van der Waals surface area contributed by atoms with Crippen LogP contribution in [0.3, 0.4) is 0 Å². The Morgan fingerprint density at radius 3 is 2.69 bits per heavy atom. The number of benzene rings is 1. The lowest BCUT2D eigenvalue weighted by Gasteiger charge is -2.32. The second-order valence-electron chi connectivity index (χ2n) is 7.71. The van der Waals surface area contributed by atoms with Gasteiger partial charge in [-0.25, -0.2) is 9.37 Å². The topological polar surface area (TPSA) is 46.0 Å². The van der Waals surface area contributed by atoms with E-state index < -0.39 is 0 Å². The van der Waals surface area contributed by atoms with Crippen LogP contribution in [0.15, 0.2) is 54.6 Å². The number of aryl methyl sites for hydroxylation is 1. The molecule has 0 radical (unpaired) electrons. The van der Waals surface area contributed by atoms with Gasteiger partial charge in [0, 0.05) is 48.6 Å². The second kappa shape index (κ2) is 8.74. The molecule has 4 rings (SSSR count). The molecule has 1 aliphatic heterocycles. The molecule has 1 aromatic carbocycles. The van der Waals surface area contributed by atoms with Crippen LogP contribution in [-0.2, 0) is 7.05 Å². The van der Waals surface area contributed by atoms with E-state index in [9.17, 15) is 4.39 Å². The van der Waals surface area contributed by atoms with E-state index >= 15 is 0 Å². The Balaban J connectivity index is 1.51. The van der Waals surface area contributed by atoms with Crippen molar-refractivity contribution < 1.29 is 4.39 Å². The molecule has 6 heteroatoms. The van der Waals surface area contributed by atoms with Gasteiger partial charge in [-0.2, -0.15) is 5.10 Å². The average molecular weight is 394 g/mol. The van der Waals surface area contributed by atoms with Crippen molar-refractivity contribution in [1.82, 2.24) is 19.7 Å². The SMILES string of the molecule is C/C=C(\Nc1cc2cc(-c3cnn(C)c3)ccc2cn1)C1CCN(CCF)CC1. The van der Waals surface area contributed by atoms with Gasteiger partial charge >= 0.3 is 0 Å². The summed E-state index contributed by atoms with van der Waals surface area (Å²) in [6.45, 7) is 4.26. The van der Waals surface area contributed by atoms with Crippen LogP contribution in [0.1, 0.15) is 19.8 Å². The van der Waals surface area contributed by atoms with Crippen LogP contribution in [0.4, 0.5) is 10.2 Å². The van der Waals surface area contributed by atoms with Gasteiger partial charge in [0.25, 0.3) is 0 Å². The van der Waals surface area contributed by atoms with E-state index in [2.05, 4.69) is 57.6 Å². The Morgan fingerprint density at radius 1 is 1.17 bits per heavy atom. The number of hydrogen-bond acceptors (Lipinski definition) is 4. The number of likely N-dealkylation sites (tertiary alicyclic amines) is 1. The fourth-order valence-corrected chi connectivity index (χ4v) is 4.10. The Labute approximate surface area is 171 Å². The summed E-state index contributed by atoms with van der Waals surface area (Å²) in [5, 5.41) is 10.1. The van der Waals surface area contributed by atoms with Crippen molar-refractivity contribution >= 4 is 16.6 Å². The first-order valence-corrected chi connectivity index (χ1v) is 10.3. The van der Waals surface area contributed by atoms with Crippen molar-refractivity contribution in [2.24, 2.45) is 13.0 Å². The molecule has 1 saturated heterocycles. The minimum Gasteiger partial charge on any atom is -0.344 e. The number of rotatable bonds is 6. The molecule has 29 heavy (non-hydrogen) atoms. The highest BCUT2D eigenvalue weighted by atomic mass is 19.1.